The van der Waals surface area contributed by atoms with Crippen LogP contribution in [0.3, 0.4) is 0 Å². The number of benzene rings is 2. The van der Waals surface area contributed by atoms with Gasteiger partial charge in [-0.3, -0.25) is 9.59 Å². The van der Waals surface area contributed by atoms with Crippen molar-refractivity contribution in [3.05, 3.63) is 96.3 Å². The van der Waals surface area contributed by atoms with Gasteiger partial charge in [-0.15, -0.1) is 9.59 Å². The fourth-order valence-electron chi connectivity index (χ4n) is 5.41. The lowest BCUT2D eigenvalue weighted by molar-refractivity contribution is 0.0992. The zero-order valence-corrected chi connectivity index (χ0v) is 31.9. The Labute approximate surface area is 329 Å². The van der Waals surface area contributed by atoms with Crippen molar-refractivity contribution < 1.29 is 18.4 Å². The van der Waals surface area contributed by atoms with Crippen LogP contribution in [-0.4, -0.2) is 94.2 Å². The molecule has 7 rings (SSSR count). The Kier molecular flexibility index (Phi) is 14.4. The topological polar surface area (TPSA) is 273 Å². The third kappa shape index (κ3) is 11.0. The van der Waals surface area contributed by atoms with Crippen molar-refractivity contribution in [2.24, 2.45) is 17.2 Å². The summed E-state index contributed by atoms with van der Waals surface area (Å²) in [5.41, 5.74) is 18.5. The molecule has 57 heavy (non-hydrogen) atoms. The van der Waals surface area contributed by atoms with Gasteiger partial charge in [0, 0.05) is 35.9 Å². The summed E-state index contributed by atoms with van der Waals surface area (Å²) in [5.74, 6) is -1.55. The van der Waals surface area contributed by atoms with E-state index in [1.807, 2.05) is 20.4 Å². The molecule has 1 aliphatic carbocycles. The Morgan fingerprint density at radius 1 is 0.754 bits per heavy atom. The summed E-state index contributed by atoms with van der Waals surface area (Å²) in [4.78, 5) is 42.6. The molecule has 0 spiro atoms. The average molecular weight is 802 g/mol. The Morgan fingerprint density at radius 2 is 1.23 bits per heavy atom. The van der Waals surface area contributed by atoms with Crippen LogP contribution in [0.4, 0.5) is 37.7 Å². The number of amides is 2. The maximum Gasteiger partial charge on any atom is 0.254 e. The normalized spacial score (nSPS) is 14.6. The highest BCUT2D eigenvalue weighted by Crippen LogP contribution is 2.26. The molecule has 2 amide bonds. The maximum atomic E-state index is 14.2. The summed E-state index contributed by atoms with van der Waals surface area (Å²) in [6, 6.07) is 8.62. The van der Waals surface area contributed by atoms with Gasteiger partial charge < -0.3 is 38.5 Å². The number of aromatic nitrogens is 10. The Bertz CT molecular complexity index is 2260. The number of rotatable bonds is 11. The molecule has 2 aromatic carbocycles. The molecular weight excluding hydrogens is 761 g/mol. The van der Waals surface area contributed by atoms with E-state index in [1.54, 1.807) is 0 Å². The Hall–Kier alpha value is -6.65. The minimum absolute atomic E-state index is 0.0100. The molecule has 1 aliphatic rings. The predicted octanol–water partition coefficient (Wildman–Crippen LogP) is 3.32. The molecule has 6 aromatic rings. The summed E-state index contributed by atoms with van der Waals surface area (Å²) < 4.78 is 28.2. The molecule has 0 saturated heterocycles. The lowest BCUT2D eigenvalue weighted by Gasteiger charge is -2.29. The molecular formula is C35H41F2N17O2S. The molecule has 4 heterocycles. The van der Waals surface area contributed by atoms with Gasteiger partial charge in [-0.25, -0.2) is 23.7 Å². The SMILES string of the molecule is CNC.CSc1ncc(C(N)=O)c(Nc2ccc(F)c(-n3nccn3)c2)n1.NC(=O)c1cnc(N[C@@H]2CCCC[C@@H]2N)nc1Nc1ccc(F)c(-n2nccn2)c1. The highest BCUT2D eigenvalue weighted by atomic mass is 32.2. The highest BCUT2D eigenvalue weighted by molar-refractivity contribution is 7.98. The Balaban J connectivity index is 0.000000208. The van der Waals surface area contributed by atoms with Crippen molar-refractivity contribution in [3.63, 3.8) is 0 Å². The highest BCUT2D eigenvalue weighted by Gasteiger charge is 2.23. The number of carbonyl (C=O) groups is 2. The van der Waals surface area contributed by atoms with Crippen LogP contribution in [0.5, 0.6) is 0 Å². The van der Waals surface area contributed by atoms with Crippen LogP contribution in [0.15, 0.2) is 78.7 Å². The van der Waals surface area contributed by atoms with Gasteiger partial charge in [-0.05, 0) is 69.6 Å². The number of nitrogens with two attached hydrogens (primary N) is 3. The first-order valence-electron chi connectivity index (χ1n) is 17.4. The molecule has 10 N–H and O–H groups in total. The molecule has 298 valence electrons. The van der Waals surface area contributed by atoms with E-state index in [4.69, 9.17) is 17.2 Å². The van der Waals surface area contributed by atoms with Crippen LogP contribution in [-0.2, 0) is 0 Å². The van der Waals surface area contributed by atoms with Crippen molar-refractivity contribution in [3.8, 4) is 11.4 Å². The van der Waals surface area contributed by atoms with Crippen molar-refractivity contribution in [1.29, 1.82) is 0 Å². The lowest BCUT2D eigenvalue weighted by atomic mass is 9.91. The van der Waals surface area contributed by atoms with Crippen LogP contribution >= 0.6 is 11.8 Å². The molecule has 0 radical (unpaired) electrons. The van der Waals surface area contributed by atoms with Crippen LogP contribution in [0.1, 0.15) is 46.4 Å². The molecule has 4 aromatic heterocycles. The van der Waals surface area contributed by atoms with Crippen molar-refractivity contribution >= 4 is 52.5 Å². The molecule has 2 atom stereocenters. The first-order valence-corrected chi connectivity index (χ1v) is 18.6. The van der Waals surface area contributed by atoms with E-state index in [-0.39, 0.29) is 46.2 Å². The van der Waals surface area contributed by atoms with Crippen LogP contribution in [0, 0.1) is 11.6 Å². The second-order valence-electron chi connectivity index (χ2n) is 12.2. The summed E-state index contributed by atoms with van der Waals surface area (Å²) in [6.45, 7) is 0. The minimum Gasteiger partial charge on any atom is -0.365 e. The van der Waals surface area contributed by atoms with Gasteiger partial charge in [0.2, 0.25) is 5.95 Å². The molecule has 1 saturated carbocycles. The predicted molar refractivity (Wildman–Crippen MR) is 211 cm³/mol. The van der Waals surface area contributed by atoms with E-state index in [1.165, 1.54) is 85.3 Å². The number of anilines is 5. The molecule has 0 unspecified atom stereocenters. The lowest BCUT2D eigenvalue weighted by Crippen LogP contribution is -2.43. The number of primary amides is 2. The van der Waals surface area contributed by atoms with Crippen LogP contribution in [0.2, 0.25) is 0 Å². The first-order chi connectivity index (χ1) is 27.5. The zero-order valence-electron chi connectivity index (χ0n) is 31.1. The van der Waals surface area contributed by atoms with E-state index in [0.717, 1.165) is 35.3 Å². The van der Waals surface area contributed by atoms with E-state index in [0.29, 0.717) is 22.5 Å². The van der Waals surface area contributed by atoms with E-state index in [9.17, 15) is 18.4 Å². The van der Waals surface area contributed by atoms with Gasteiger partial charge >= 0.3 is 0 Å². The summed E-state index contributed by atoms with van der Waals surface area (Å²) in [7, 11) is 3.75. The van der Waals surface area contributed by atoms with E-state index in [2.05, 4.69) is 61.6 Å². The van der Waals surface area contributed by atoms with Crippen molar-refractivity contribution in [2.75, 3.05) is 36.3 Å². The smallest absolute Gasteiger partial charge is 0.254 e. The zero-order chi connectivity index (χ0) is 40.9. The fourth-order valence-corrected chi connectivity index (χ4v) is 5.75. The van der Waals surface area contributed by atoms with Gasteiger partial charge in [0.25, 0.3) is 11.8 Å². The van der Waals surface area contributed by atoms with Gasteiger partial charge in [0.1, 0.15) is 34.1 Å². The first kappa shape index (κ1) is 41.5. The number of nitrogens with one attached hydrogen (secondary N) is 4. The van der Waals surface area contributed by atoms with Crippen LogP contribution < -0.4 is 38.5 Å². The van der Waals surface area contributed by atoms with Gasteiger partial charge in [-0.1, -0.05) is 24.6 Å². The molecule has 22 heteroatoms. The number of hydrogen-bond donors (Lipinski definition) is 7. The monoisotopic (exact) mass is 801 g/mol. The third-order valence-electron chi connectivity index (χ3n) is 8.09. The van der Waals surface area contributed by atoms with Gasteiger partial charge in [-0.2, -0.15) is 25.4 Å². The number of thioether (sulfide) groups is 1. The number of nitrogens with zero attached hydrogens (tertiary/aromatic N) is 10. The number of hydrogen-bond acceptors (Lipinski definition) is 16. The second kappa shape index (κ2) is 19.8. The summed E-state index contributed by atoms with van der Waals surface area (Å²) in [6.07, 6.45) is 14.3. The quantitative estimate of drug-likeness (QED) is 0.0731. The molecule has 0 aliphatic heterocycles. The number of halogens is 2. The fraction of sp³-hybridized carbons (Fsp3) is 0.257. The second-order valence-corrected chi connectivity index (χ2v) is 13.0. The standard InChI is InChI=1S/C19H22FN9O.C14H12FN7OS.C2H7N/c20-13-6-5-11(9-16(13)29-24-7-8-25-29)26-18-12(17(22)30)10-23-19(28-18)27-15-4-2-1-3-14(15)21;1-24-14-17-7-9(12(16)23)13(21-14)20-8-2-3-10(15)11(6-8)22-18-4-5-19-22;1-3-2/h5-10,14-15H,1-4,21H2,(H2,22,30)(H2,23,26,27,28);2-7H,1H3,(H2,16,23)(H,17,20,21);3H,1-2H3/t14-,15+;;/m0../s1. The Morgan fingerprint density at radius 3 is 1.70 bits per heavy atom. The number of carbonyl (C=O) groups excluding carboxylic acids is 2. The third-order valence-corrected chi connectivity index (χ3v) is 8.65. The molecule has 1 fully saturated rings. The van der Waals surface area contributed by atoms with Crippen molar-refractivity contribution in [1.82, 2.24) is 55.2 Å². The molecule has 19 nitrogen and oxygen atoms in total. The maximum absolute atomic E-state index is 14.2. The van der Waals surface area contributed by atoms with Crippen LogP contribution in [0.25, 0.3) is 11.4 Å². The molecule has 0 bridgehead atoms. The van der Waals surface area contributed by atoms with E-state index >= 15 is 0 Å². The van der Waals surface area contributed by atoms with Gasteiger partial charge in [0.15, 0.2) is 16.8 Å². The van der Waals surface area contributed by atoms with Crippen molar-refractivity contribution in [2.45, 2.75) is 42.9 Å². The summed E-state index contributed by atoms with van der Waals surface area (Å²) in [5, 5.41) is 28.1. The van der Waals surface area contributed by atoms with E-state index < -0.39 is 23.4 Å². The largest absolute Gasteiger partial charge is 0.365 e. The minimum atomic E-state index is -0.686. The van der Waals surface area contributed by atoms with Gasteiger partial charge in [0.05, 0.1) is 24.8 Å². The summed E-state index contributed by atoms with van der Waals surface area (Å²) >= 11 is 1.32. The average Bonchev–Trinajstić information content (AvgIpc) is 3.94.